The largest absolute Gasteiger partial charge is 0.489 e. The van der Waals surface area contributed by atoms with Gasteiger partial charge in [0.15, 0.2) is 0 Å². The van der Waals surface area contributed by atoms with E-state index in [0.717, 1.165) is 18.2 Å². The molecule has 1 aliphatic rings. The van der Waals surface area contributed by atoms with E-state index in [4.69, 9.17) is 14.2 Å². The molecule has 0 aromatic heterocycles. The van der Waals surface area contributed by atoms with Crippen LogP contribution in [0.25, 0.3) is 6.08 Å². The standard InChI is InChI=1S/C20H16F2O5/c1-20(2)26-18(23)17(19(24)27-20)7-12-4-3-5-13(6-12)11-25-16-9-14(21)8-15(22)10-16/h3-10H,11H2,1-2H3. The number of esters is 2. The molecule has 7 heteroatoms. The van der Waals surface area contributed by atoms with Gasteiger partial charge in [0.05, 0.1) is 0 Å². The zero-order valence-corrected chi connectivity index (χ0v) is 14.6. The number of cyclic esters (lactones) is 2. The van der Waals surface area contributed by atoms with E-state index in [1.54, 1.807) is 24.3 Å². The summed E-state index contributed by atoms with van der Waals surface area (Å²) in [5, 5.41) is 0. The lowest BCUT2D eigenvalue weighted by molar-refractivity contribution is -0.222. The first-order chi connectivity index (χ1) is 12.7. The third kappa shape index (κ3) is 4.69. The molecule has 0 aliphatic carbocycles. The van der Waals surface area contributed by atoms with Crippen LogP contribution in [0.5, 0.6) is 5.75 Å². The Morgan fingerprint density at radius 1 is 1.00 bits per heavy atom. The van der Waals surface area contributed by atoms with Crippen molar-refractivity contribution in [3.8, 4) is 5.75 Å². The van der Waals surface area contributed by atoms with E-state index in [1.807, 2.05) is 0 Å². The third-order valence-electron chi connectivity index (χ3n) is 3.62. The fourth-order valence-electron chi connectivity index (χ4n) is 2.50. The van der Waals surface area contributed by atoms with Crippen molar-refractivity contribution >= 4 is 18.0 Å². The highest BCUT2D eigenvalue weighted by molar-refractivity contribution is 6.18. The van der Waals surface area contributed by atoms with Crippen LogP contribution in [0, 0.1) is 11.6 Å². The van der Waals surface area contributed by atoms with Gasteiger partial charge < -0.3 is 14.2 Å². The van der Waals surface area contributed by atoms with Crippen molar-refractivity contribution in [2.75, 3.05) is 0 Å². The van der Waals surface area contributed by atoms with Crippen LogP contribution in [-0.2, 0) is 25.7 Å². The van der Waals surface area contributed by atoms with Crippen LogP contribution in [0.2, 0.25) is 0 Å². The second-order valence-electron chi connectivity index (χ2n) is 6.38. The maximum atomic E-state index is 13.2. The van der Waals surface area contributed by atoms with E-state index >= 15 is 0 Å². The molecule has 0 bridgehead atoms. The lowest BCUT2D eigenvalue weighted by atomic mass is 10.1. The summed E-state index contributed by atoms with van der Waals surface area (Å²) >= 11 is 0. The van der Waals surface area contributed by atoms with Gasteiger partial charge in [-0.15, -0.1) is 0 Å². The number of halogens is 2. The van der Waals surface area contributed by atoms with Crippen LogP contribution in [0.15, 0.2) is 48.0 Å². The molecule has 1 fully saturated rings. The van der Waals surface area contributed by atoms with Crippen molar-refractivity contribution in [3.05, 3.63) is 70.8 Å². The Bertz CT molecular complexity index is 891. The number of carbonyl (C=O) groups excluding carboxylic acids is 2. The van der Waals surface area contributed by atoms with Crippen molar-refractivity contribution < 1.29 is 32.6 Å². The van der Waals surface area contributed by atoms with Crippen molar-refractivity contribution in [2.24, 2.45) is 0 Å². The fraction of sp³-hybridized carbons (Fsp3) is 0.200. The number of hydrogen-bond donors (Lipinski definition) is 0. The van der Waals surface area contributed by atoms with E-state index < -0.39 is 29.4 Å². The zero-order valence-electron chi connectivity index (χ0n) is 14.6. The van der Waals surface area contributed by atoms with Gasteiger partial charge in [-0.3, -0.25) is 0 Å². The van der Waals surface area contributed by atoms with Crippen molar-refractivity contribution in [1.82, 2.24) is 0 Å². The second kappa shape index (κ2) is 7.19. The first kappa shape index (κ1) is 18.6. The van der Waals surface area contributed by atoms with Crippen LogP contribution < -0.4 is 4.74 Å². The van der Waals surface area contributed by atoms with Crippen LogP contribution >= 0.6 is 0 Å². The summed E-state index contributed by atoms with van der Waals surface area (Å²) in [7, 11) is 0. The molecule has 5 nitrogen and oxygen atoms in total. The quantitative estimate of drug-likeness (QED) is 0.463. The van der Waals surface area contributed by atoms with Crippen LogP contribution in [0.1, 0.15) is 25.0 Å². The van der Waals surface area contributed by atoms with Crippen LogP contribution in [0.4, 0.5) is 8.78 Å². The minimum absolute atomic E-state index is 0.0435. The van der Waals surface area contributed by atoms with Gasteiger partial charge in [-0.1, -0.05) is 18.2 Å². The first-order valence-electron chi connectivity index (χ1n) is 8.08. The molecule has 0 N–H and O–H groups in total. The molecule has 0 radical (unpaired) electrons. The summed E-state index contributed by atoms with van der Waals surface area (Å²) < 4.78 is 41.8. The van der Waals surface area contributed by atoms with Gasteiger partial charge in [0.2, 0.25) is 0 Å². The molecule has 1 saturated heterocycles. The number of benzene rings is 2. The smallest absolute Gasteiger partial charge is 0.348 e. The molecule has 0 unspecified atom stereocenters. The third-order valence-corrected chi connectivity index (χ3v) is 3.62. The molecule has 0 saturated carbocycles. The summed E-state index contributed by atoms with van der Waals surface area (Å²) in [6.45, 7) is 2.97. The summed E-state index contributed by atoms with van der Waals surface area (Å²) in [5.74, 6) is -4.26. The van der Waals surface area contributed by atoms with Crippen LogP contribution in [-0.4, -0.2) is 17.7 Å². The lowest BCUT2D eigenvalue weighted by Gasteiger charge is -2.29. The van der Waals surface area contributed by atoms with Crippen molar-refractivity contribution in [1.29, 1.82) is 0 Å². The van der Waals surface area contributed by atoms with Gasteiger partial charge in [0, 0.05) is 32.0 Å². The van der Waals surface area contributed by atoms with E-state index in [0.29, 0.717) is 11.1 Å². The predicted octanol–water partition coefficient (Wildman–Crippen LogP) is 3.76. The van der Waals surface area contributed by atoms with E-state index in [-0.39, 0.29) is 17.9 Å². The highest BCUT2D eigenvalue weighted by atomic mass is 19.1. The molecule has 0 amide bonds. The van der Waals surface area contributed by atoms with Gasteiger partial charge in [-0.2, -0.15) is 0 Å². The summed E-state index contributed by atoms with van der Waals surface area (Å²) in [4.78, 5) is 24.0. The highest BCUT2D eigenvalue weighted by Gasteiger charge is 2.38. The van der Waals surface area contributed by atoms with Crippen molar-refractivity contribution in [3.63, 3.8) is 0 Å². The van der Waals surface area contributed by atoms with E-state index in [2.05, 4.69) is 0 Å². The summed E-state index contributed by atoms with van der Waals surface area (Å²) in [5.41, 5.74) is 0.997. The molecule has 0 spiro atoms. The average Bonchev–Trinajstić information content (AvgIpc) is 2.55. The van der Waals surface area contributed by atoms with Gasteiger partial charge in [-0.05, 0) is 23.3 Å². The van der Waals surface area contributed by atoms with Gasteiger partial charge in [0.1, 0.15) is 29.6 Å². The number of carbonyl (C=O) groups is 2. The molecular formula is C20H16F2O5. The molecule has 140 valence electrons. The van der Waals surface area contributed by atoms with Gasteiger partial charge >= 0.3 is 11.9 Å². The maximum Gasteiger partial charge on any atom is 0.348 e. The molecule has 1 aliphatic heterocycles. The number of rotatable bonds is 4. The Morgan fingerprint density at radius 3 is 2.26 bits per heavy atom. The monoisotopic (exact) mass is 374 g/mol. The topological polar surface area (TPSA) is 61.8 Å². The van der Waals surface area contributed by atoms with Gasteiger partial charge in [-0.25, -0.2) is 18.4 Å². The minimum atomic E-state index is -1.30. The first-order valence-corrected chi connectivity index (χ1v) is 8.08. The number of ether oxygens (including phenoxy) is 3. The molecule has 1 heterocycles. The molecule has 2 aromatic carbocycles. The SMILES string of the molecule is CC1(C)OC(=O)C(=Cc2cccc(COc3cc(F)cc(F)c3)c2)C(=O)O1. The average molecular weight is 374 g/mol. The van der Waals surface area contributed by atoms with Crippen LogP contribution in [0.3, 0.4) is 0 Å². The molecule has 3 rings (SSSR count). The Hall–Kier alpha value is -3.22. The molecule has 27 heavy (non-hydrogen) atoms. The minimum Gasteiger partial charge on any atom is -0.489 e. The summed E-state index contributed by atoms with van der Waals surface area (Å²) in [6.07, 6.45) is 1.35. The number of hydrogen-bond acceptors (Lipinski definition) is 5. The summed E-state index contributed by atoms with van der Waals surface area (Å²) in [6, 6.07) is 9.68. The molecular weight excluding hydrogens is 358 g/mol. The zero-order chi connectivity index (χ0) is 19.6. The normalized spacial score (nSPS) is 15.8. The van der Waals surface area contributed by atoms with Gasteiger partial charge in [0.25, 0.3) is 5.79 Å². The second-order valence-corrected chi connectivity index (χ2v) is 6.38. The Labute approximate surface area is 154 Å². The van der Waals surface area contributed by atoms with E-state index in [1.165, 1.54) is 19.9 Å². The molecule has 2 aromatic rings. The Morgan fingerprint density at radius 2 is 1.63 bits per heavy atom. The molecule has 0 atom stereocenters. The Balaban J connectivity index is 1.75. The predicted molar refractivity (Wildman–Crippen MR) is 91.4 cm³/mol. The lowest BCUT2D eigenvalue weighted by Crippen LogP contribution is -2.41. The highest BCUT2D eigenvalue weighted by Crippen LogP contribution is 2.24. The van der Waals surface area contributed by atoms with E-state index in [9.17, 15) is 18.4 Å². The van der Waals surface area contributed by atoms with Crippen molar-refractivity contribution in [2.45, 2.75) is 26.2 Å². The Kier molecular flexibility index (Phi) is 4.94. The fourth-order valence-corrected chi connectivity index (χ4v) is 2.50. The maximum absolute atomic E-state index is 13.2.